The van der Waals surface area contributed by atoms with Crippen molar-refractivity contribution in [2.45, 2.75) is 25.0 Å². The number of benzene rings is 1. The van der Waals surface area contributed by atoms with Crippen LogP contribution in [0.4, 0.5) is 0 Å². The molecule has 2 aliphatic rings. The fourth-order valence-electron chi connectivity index (χ4n) is 2.75. The van der Waals surface area contributed by atoms with Crippen molar-refractivity contribution in [1.29, 1.82) is 0 Å². The molecule has 1 aromatic carbocycles. The van der Waals surface area contributed by atoms with E-state index < -0.39 is 5.79 Å². The highest BCUT2D eigenvalue weighted by Crippen LogP contribution is 2.40. The first-order valence-corrected chi connectivity index (χ1v) is 8.10. The molecular formula is C15H19Cl2N3O3. The zero-order chi connectivity index (χ0) is 16.4. The normalized spacial score (nSPS) is 30.8. The van der Waals surface area contributed by atoms with E-state index >= 15 is 0 Å². The van der Waals surface area contributed by atoms with Gasteiger partial charge in [0.05, 0.1) is 31.1 Å². The quantitative estimate of drug-likeness (QED) is 0.874. The van der Waals surface area contributed by atoms with Crippen LogP contribution < -0.4 is 5.43 Å². The highest BCUT2D eigenvalue weighted by molar-refractivity contribution is 6.35. The van der Waals surface area contributed by atoms with Gasteiger partial charge in [-0.2, -0.15) is 5.01 Å². The molecule has 1 aromatic rings. The molecule has 2 aliphatic heterocycles. The predicted octanol–water partition coefficient (Wildman–Crippen LogP) is 2.40. The van der Waals surface area contributed by atoms with Crippen molar-refractivity contribution in [1.82, 2.24) is 10.4 Å². The van der Waals surface area contributed by atoms with Gasteiger partial charge in [-0.1, -0.05) is 29.3 Å². The van der Waals surface area contributed by atoms with Crippen molar-refractivity contribution in [2.24, 2.45) is 4.99 Å². The molecule has 0 aromatic heterocycles. The number of aliphatic imine (C=N–C) groups is 1. The van der Waals surface area contributed by atoms with E-state index in [1.54, 1.807) is 25.6 Å². The van der Waals surface area contributed by atoms with Crippen LogP contribution in [0.25, 0.3) is 0 Å². The van der Waals surface area contributed by atoms with Crippen LogP contribution in [0, 0.1) is 0 Å². The maximum absolute atomic E-state index is 6.40. The summed E-state index contributed by atoms with van der Waals surface area (Å²) in [6.07, 6.45) is 1.47. The summed E-state index contributed by atoms with van der Waals surface area (Å²) in [5, 5.41) is 3.00. The Hall–Kier alpha value is -0.890. The van der Waals surface area contributed by atoms with E-state index in [0.717, 1.165) is 5.56 Å². The van der Waals surface area contributed by atoms with Gasteiger partial charge in [-0.05, 0) is 19.1 Å². The van der Waals surface area contributed by atoms with E-state index in [1.807, 2.05) is 18.0 Å². The minimum atomic E-state index is -1.00. The van der Waals surface area contributed by atoms with Gasteiger partial charge in [0.15, 0.2) is 0 Å². The van der Waals surface area contributed by atoms with Crippen LogP contribution in [0.15, 0.2) is 23.2 Å². The number of rotatable bonds is 5. The Balaban J connectivity index is 1.90. The molecule has 0 bridgehead atoms. The molecule has 3 unspecified atom stereocenters. The number of hydrogen-bond donors (Lipinski definition) is 1. The third-order valence-corrected chi connectivity index (χ3v) is 4.44. The molecule has 8 heteroatoms. The minimum Gasteiger partial charge on any atom is -0.382 e. The highest BCUT2D eigenvalue weighted by Gasteiger charge is 2.47. The predicted molar refractivity (Wildman–Crippen MR) is 88.6 cm³/mol. The average Bonchev–Trinajstić information content (AvgIpc) is 3.08. The van der Waals surface area contributed by atoms with E-state index in [2.05, 4.69) is 10.4 Å². The van der Waals surface area contributed by atoms with Gasteiger partial charge in [-0.25, -0.2) is 0 Å². The molecule has 23 heavy (non-hydrogen) atoms. The van der Waals surface area contributed by atoms with Crippen molar-refractivity contribution in [3.63, 3.8) is 0 Å². The summed E-state index contributed by atoms with van der Waals surface area (Å²) in [6.45, 7) is 3.29. The van der Waals surface area contributed by atoms with Gasteiger partial charge in [0.2, 0.25) is 5.79 Å². The van der Waals surface area contributed by atoms with Crippen molar-refractivity contribution < 1.29 is 14.2 Å². The fraction of sp³-hybridized carbons (Fsp3) is 0.533. The molecule has 0 saturated carbocycles. The van der Waals surface area contributed by atoms with Crippen LogP contribution in [-0.4, -0.2) is 50.5 Å². The minimum absolute atomic E-state index is 0.0216. The number of methoxy groups -OCH3 is 1. The summed E-state index contributed by atoms with van der Waals surface area (Å²) >= 11 is 12.4. The fourth-order valence-corrected chi connectivity index (χ4v) is 3.30. The second-order valence-electron chi connectivity index (χ2n) is 5.55. The maximum atomic E-state index is 6.40. The van der Waals surface area contributed by atoms with Crippen LogP contribution in [-0.2, 0) is 20.0 Å². The number of ether oxygens (including phenoxy) is 3. The molecule has 1 fully saturated rings. The Morgan fingerprint density at radius 3 is 2.96 bits per heavy atom. The molecule has 1 saturated heterocycles. The Morgan fingerprint density at radius 2 is 2.30 bits per heavy atom. The number of nitrogens with zero attached hydrogens (tertiary/aromatic N) is 2. The molecule has 0 aliphatic carbocycles. The first kappa shape index (κ1) is 17.0. The Bertz CT molecular complexity index is 601. The van der Waals surface area contributed by atoms with Gasteiger partial charge in [0, 0.05) is 17.7 Å². The van der Waals surface area contributed by atoms with E-state index in [0.29, 0.717) is 29.8 Å². The monoisotopic (exact) mass is 359 g/mol. The lowest BCUT2D eigenvalue weighted by Crippen LogP contribution is -2.48. The van der Waals surface area contributed by atoms with Crippen LogP contribution in [0.1, 0.15) is 12.5 Å². The largest absolute Gasteiger partial charge is 0.382 e. The summed E-state index contributed by atoms with van der Waals surface area (Å²) in [5.41, 5.74) is 3.83. The third-order valence-electron chi connectivity index (χ3n) is 3.90. The van der Waals surface area contributed by atoms with Crippen LogP contribution in [0.2, 0.25) is 10.0 Å². The van der Waals surface area contributed by atoms with Crippen LogP contribution in [0.3, 0.4) is 0 Å². The lowest BCUT2D eigenvalue weighted by atomic mass is 10.1. The molecule has 2 heterocycles. The molecule has 6 nitrogen and oxygen atoms in total. The van der Waals surface area contributed by atoms with Gasteiger partial charge >= 0.3 is 0 Å². The van der Waals surface area contributed by atoms with Crippen molar-refractivity contribution >= 4 is 29.5 Å². The van der Waals surface area contributed by atoms with Crippen molar-refractivity contribution in [2.75, 3.05) is 26.9 Å². The summed E-state index contributed by atoms with van der Waals surface area (Å²) < 4.78 is 17.4. The Kier molecular flexibility index (Phi) is 5.10. The third kappa shape index (κ3) is 3.47. The Labute approximate surface area is 145 Å². The second kappa shape index (κ2) is 6.93. The maximum Gasteiger partial charge on any atom is 0.211 e. The summed E-state index contributed by atoms with van der Waals surface area (Å²) in [4.78, 5) is 4.28. The van der Waals surface area contributed by atoms with Crippen LogP contribution >= 0.6 is 23.2 Å². The van der Waals surface area contributed by atoms with Crippen LogP contribution in [0.5, 0.6) is 0 Å². The summed E-state index contributed by atoms with van der Waals surface area (Å²) in [6, 6.07) is 5.30. The van der Waals surface area contributed by atoms with E-state index in [4.69, 9.17) is 37.4 Å². The van der Waals surface area contributed by atoms with Gasteiger partial charge < -0.3 is 19.6 Å². The number of nitrogens with one attached hydrogen (secondary N) is 1. The number of hydrazine groups is 1. The summed E-state index contributed by atoms with van der Waals surface area (Å²) in [7, 11) is 1.64. The molecule has 0 amide bonds. The van der Waals surface area contributed by atoms with Crippen molar-refractivity contribution in [3.8, 4) is 0 Å². The van der Waals surface area contributed by atoms with Gasteiger partial charge in [-0.15, -0.1) is 0 Å². The molecule has 0 spiro atoms. The number of halogens is 2. The average molecular weight is 360 g/mol. The standard InChI is InChI=1S/C15H19Cl2N3O3/c1-10-18-9-19-20(10)8-15(22-7-12(23-15)6-21-2)13-4-3-11(16)5-14(13)17/h3-5,9-10,12H,6-8H2,1-2H3,(H,18,19). The summed E-state index contributed by atoms with van der Waals surface area (Å²) in [5.74, 6) is -1.00. The highest BCUT2D eigenvalue weighted by atomic mass is 35.5. The topological polar surface area (TPSA) is 55.3 Å². The first-order valence-electron chi connectivity index (χ1n) is 7.35. The molecule has 0 radical (unpaired) electrons. The molecular weight excluding hydrogens is 341 g/mol. The van der Waals surface area contributed by atoms with Gasteiger partial charge in [-0.3, -0.25) is 4.99 Å². The Morgan fingerprint density at radius 1 is 1.48 bits per heavy atom. The zero-order valence-corrected chi connectivity index (χ0v) is 14.5. The number of hydrogen-bond acceptors (Lipinski definition) is 6. The molecule has 126 valence electrons. The smallest absolute Gasteiger partial charge is 0.211 e. The van der Waals surface area contributed by atoms with Gasteiger partial charge in [0.1, 0.15) is 12.3 Å². The molecule has 3 rings (SSSR count). The van der Waals surface area contributed by atoms with Crippen molar-refractivity contribution in [3.05, 3.63) is 33.8 Å². The van der Waals surface area contributed by atoms with E-state index in [9.17, 15) is 0 Å². The molecule has 1 N–H and O–H groups in total. The lowest BCUT2D eigenvalue weighted by molar-refractivity contribution is -0.197. The first-order chi connectivity index (χ1) is 11.0. The van der Waals surface area contributed by atoms with E-state index in [-0.39, 0.29) is 12.3 Å². The zero-order valence-electron chi connectivity index (χ0n) is 13.0. The van der Waals surface area contributed by atoms with E-state index in [1.165, 1.54) is 0 Å². The lowest BCUT2D eigenvalue weighted by Gasteiger charge is -2.34. The van der Waals surface area contributed by atoms with Gasteiger partial charge in [0.25, 0.3) is 0 Å². The second-order valence-corrected chi connectivity index (χ2v) is 6.39. The molecule has 3 atom stereocenters. The SMILES string of the molecule is COCC1COC(CN2NC=NC2C)(c2ccc(Cl)cc2Cl)O1.